The van der Waals surface area contributed by atoms with Gasteiger partial charge in [0, 0.05) is 24.7 Å². The van der Waals surface area contributed by atoms with E-state index in [-0.39, 0.29) is 12.5 Å². The predicted molar refractivity (Wildman–Crippen MR) is 68.6 cm³/mol. The molecule has 4 heteroatoms. The molecule has 0 saturated heterocycles. The Morgan fingerprint density at radius 3 is 2.65 bits per heavy atom. The predicted octanol–water partition coefficient (Wildman–Crippen LogP) is 2.47. The van der Waals surface area contributed by atoms with Crippen LogP contribution in [0.25, 0.3) is 0 Å². The summed E-state index contributed by atoms with van der Waals surface area (Å²) in [5.74, 6) is 0.0336. The van der Waals surface area contributed by atoms with Crippen LogP contribution < -0.4 is 0 Å². The summed E-state index contributed by atoms with van der Waals surface area (Å²) in [5, 5.41) is 10.1. The fourth-order valence-electron chi connectivity index (χ4n) is 1.62. The summed E-state index contributed by atoms with van der Waals surface area (Å²) in [6.07, 6.45) is 0.754. The van der Waals surface area contributed by atoms with Gasteiger partial charge in [-0.3, -0.25) is 0 Å². The highest BCUT2D eigenvalue weighted by Gasteiger charge is 2.13. The average Bonchev–Trinajstić information content (AvgIpc) is 2.35. The van der Waals surface area contributed by atoms with Crippen LogP contribution >= 0.6 is 11.6 Å². The van der Waals surface area contributed by atoms with Gasteiger partial charge in [-0.15, -0.1) is 0 Å². The van der Waals surface area contributed by atoms with Crippen molar-refractivity contribution >= 4 is 11.6 Å². The largest absolute Gasteiger partial charge is 0.396 e. The van der Waals surface area contributed by atoms with Crippen LogP contribution in [0.1, 0.15) is 17.9 Å². The first-order valence-electron chi connectivity index (χ1n) is 5.71. The minimum Gasteiger partial charge on any atom is -0.396 e. The van der Waals surface area contributed by atoms with Crippen molar-refractivity contribution in [3.8, 4) is 0 Å². The van der Waals surface area contributed by atoms with Gasteiger partial charge in [-0.1, -0.05) is 29.8 Å². The molecule has 0 saturated carbocycles. The quantitative estimate of drug-likeness (QED) is 0.728. The topological polar surface area (TPSA) is 38.7 Å². The van der Waals surface area contributed by atoms with Crippen molar-refractivity contribution < 1.29 is 14.6 Å². The van der Waals surface area contributed by atoms with Crippen molar-refractivity contribution in [1.82, 2.24) is 0 Å². The Balaban J connectivity index is 2.41. The van der Waals surface area contributed by atoms with Crippen LogP contribution in [-0.2, 0) is 9.47 Å². The van der Waals surface area contributed by atoms with Crippen molar-refractivity contribution in [2.24, 2.45) is 0 Å². The molecule has 17 heavy (non-hydrogen) atoms. The summed E-state index contributed by atoms with van der Waals surface area (Å²) in [6.45, 7) is 1.85. The van der Waals surface area contributed by atoms with E-state index in [2.05, 4.69) is 0 Å². The van der Waals surface area contributed by atoms with E-state index >= 15 is 0 Å². The lowest BCUT2D eigenvalue weighted by Gasteiger charge is -2.16. The lowest BCUT2D eigenvalue weighted by atomic mass is 9.97. The second-order valence-corrected chi connectivity index (χ2v) is 4.20. The van der Waals surface area contributed by atoms with Crippen LogP contribution in [0, 0.1) is 0 Å². The van der Waals surface area contributed by atoms with Crippen LogP contribution in [-0.4, -0.2) is 38.6 Å². The van der Waals surface area contributed by atoms with Gasteiger partial charge in [0.15, 0.2) is 0 Å². The van der Waals surface area contributed by atoms with Gasteiger partial charge < -0.3 is 14.6 Å². The van der Waals surface area contributed by atoms with E-state index in [1.165, 1.54) is 0 Å². The molecule has 0 aliphatic heterocycles. The molecule has 3 nitrogen and oxygen atoms in total. The summed E-state index contributed by atoms with van der Waals surface area (Å²) in [7, 11) is 1.64. The highest BCUT2D eigenvalue weighted by Crippen LogP contribution is 2.26. The first-order valence-corrected chi connectivity index (χ1v) is 6.09. The molecular formula is C13H19ClO3. The minimum atomic E-state index is 0.0336. The molecule has 0 fully saturated rings. The van der Waals surface area contributed by atoms with E-state index in [1.54, 1.807) is 7.11 Å². The summed E-state index contributed by atoms with van der Waals surface area (Å²) >= 11 is 6.09. The Hall–Kier alpha value is -0.610. The zero-order chi connectivity index (χ0) is 12.5. The highest BCUT2D eigenvalue weighted by atomic mass is 35.5. The third kappa shape index (κ3) is 5.04. The number of benzene rings is 1. The summed E-state index contributed by atoms with van der Waals surface area (Å²) < 4.78 is 10.3. The molecule has 1 aromatic rings. The third-order valence-electron chi connectivity index (χ3n) is 2.61. The molecule has 0 bridgehead atoms. The zero-order valence-corrected chi connectivity index (χ0v) is 10.8. The number of halogens is 1. The maximum atomic E-state index is 9.37. The first-order chi connectivity index (χ1) is 8.29. The number of methoxy groups -OCH3 is 1. The molecule has 0 aliphatic rings. The van der Waals surface area contributed by atoms with Crippen LogP contribution in [0.2, 0.25) is 5.02 Å². The van der Waals surface area contributed by atoms with Crippen molar-refractivity contribution in [1.29, 1.82) is 0 Å². The third-order valence-corrected chi connectivity index (χ3v) is 2.95. The minimum absolute atomic E-state index is 0.0336. The Labute approximate surface area is 107 Å². The molecule has 0 aromatic heterocycles. The van der Waals surface area contributed by atoms with Crippen LogP contribution in [0.5, 0.6) is 0 Å². The SMILES string of the molecule is COCCOCCC(CO)c1ccccc1Cl. The Kier molecular flexibility index (Phi) is 7.21. The first kappa shape index (κ1) is 14.5. The summed E-state index contributed by atoms with van der Waals surface area (Å²) in [4.78, 5) is 0. The molecular weight excluding hydrogens is 240 g/mol. The zero-order valence-electron chi connectivity index (χ0n) is 10.1. The van der Waals surface area contributed by atoms with Gasteiger partial charge in [-0.05, 0) is 18.1 Å². The Morgan fingerprint density at radius 2 is 2.00 bits per heavy atom. The maximum absolute atomic E-state index is 9.37. The van der Waals surface area contributed by atoms with Crippen molar-refractivity contribution in [2.75, 3.05) is 33.5 Å². The fraction of sp³-hybridized carbons (Fsp3) is 0.538. The number of hydrogen-bond acceptors (Lipinski definition) is 3. The van der Waals surface area contributed by atoms with Gasteiger partial charge in [-0.25, -0.2) is 0 Å². The van der Waals surface area contributed by atoms with Crippen LogP contribution in [0.4, 0.5) is 0 Å². The molecule has 96 valence electrons. The smallest absolute Gasteiger partial charge is 0.0700 e. The Bertz CT molecular complexity index is 317. The van der Waals surface area contributed by atoms with Gasteiger partial charge in [-0.2, -0.15) is 0 Å². The average molecular weight is 259 g/mol. The fourth-order valence-corrected chi connectivity index (χ4v) is 1.91. The van der Waals surface area contributed by atoms with Gasteiger partial charge in [0.25, 0.3) is 0 Å². The molecule has 1 aromatic carbocycles. The second kappa shape index (κ2) is 8.48. The summed E-state index contributed by atoms with van der Waals surface area (Å²) in [5.41, 5.74) is 0.979. The van der Waals surface area contributed by atoms with E-state index in [0.29, 0.717) is 24.8 Å². The molecule has 0 aliphatic carbocycles. The number of hydrogen-bond donors (Lipinski definition) is 1. The second-order valence-electron chi connectivity index (χ2n) is 3.79. The van der Waals surface area contributed by atoms with E-state index in [0.717, 1.165) is 12.0 Å². The van der Waals surface area contributed by atoms with Gasteiger partial charge in [0.1, 0.15) is 0 Å². The van der Waals surface area contributed by atoms with Crippen LogP contribution in [0.3, 0.4) is 0 Å². The normalized spacial score (nSPS) is 12.6. The van der Waals surface area contributed by atoms with Gasteiger partial charge >= 0.3 is 0 Å². The molecule has 1 rings (SSSR count). The molecule has 1 unspecified atom stereocenters. The highest BCUT2D eigenvalue weighted by molar-refractivity contribution is 6.31. The van der Waals surface area contributed by atoms with E-state index in [4.69, 9.17) is 21.1 Å². The van der Waals surface area contributed by atoms with E-state index in [9.17, 15) is 5.11 Å². The molecule has 0 radical (unpaired) electrons. The molecule has 0 amide bonds. The van der Waals surface area contributed by atoms with Gasteiger partial charge in [0.05, 0.1) is 19.8 Å². The van der Waals surface area contributed by atoms with E-state index < -0.39 is 0 Å². The standard InChI is InChI=1S/C13H19ClO3/c1-16-8-9-17-7-6-11(10-15)12-4-2-3-5-13(12)14/h2-5,11,15H,6-10H2,1H3. The monoisotopic (exact) mass is 258 g/mol. The Morgan fingerprint density at radius 1 is 1.24 bits per heavy atom. The number of aliphatic hydroxyl groups is 1. The molecule has 1 atom stereocenters. The number of ether oxygens (including phenoxy) is 2. The lowest BCUT2D eigenvalue weighted by Crippen LogP contribution is -2.10. The van der Waals surface area contributed by atoms with E-state index in [1.807, 2.05) is 24.3 Å². The summed E-state index contributed by atoms with van der Waals surface area (Å²) in [6, 6.07) is 7.59. The van der Waals surface area contributed by atoms with Crippen molar-refractivity contribution in [2.45, 2.75) is 12.3 Å². The molecule has 0 spiro atoms. The van der Waals surface area contributed by atoms with Gasteiger partial charge in [0.2, 0.25) is 0 Å². The number of rotatable bonds is 8. The number of aliphatic hydroxyl groups excluding tert-OH is 1. The molecule has 1 N–H and O–H groups in total. The lowest BCUT2D eigenvalue weighted by molar-refractivity contribution is 0.0642. The maximum Gasteiger partial charge on any atom is 0.0700 e. The van der Waals surface area contributed by atoms with Crippen molar-refractivity contribution in [3.63, 3.8) is 0 Å². The van der Waals surface area contributed by atoms with Crippen LogP contribution in [0.15, 0.2) is 24.3 Å². The molecule has 0 heterocycles. The van der Waals surface area contributed by atoms with Crippen molar-refractivity contribution in [3.05, 3.63) is 34.9 Å².